The first-order valence-corrected chi connectivity index (χ1v) is 6.70. The number of rotatable bonds is 1. The number of piperidine rings is 1. The van der Waals surface area contributed by atoms with Crippen LogP contribution in [0.25, 0.3) is 0 Å². The maximum Gasteiger partial charge on any atom is 0.137 e. The summed E-state index contributed by atoms with van der Waals surface area (Å²) in [6.45, 7) is 5.89. The van der Waals surface area contributed by atoms with E-state index in [4.69, 9.17) is 4.18 Å². The topological polar surface area (TPSA) is 21.3 Å². The van der Waals surface area contributed by atoms with Gasteiger partial charge in [0, 0.05) is 19.0 Å². The molecule has 1 aliphatic heterocycles. The fourth-order valence-electron chi connectivity index (χ4n) is 3.55. The van der Waals surface area contributed by atoms with Gasteiger partial charge in [0.05, 0.1) is 0 Å². The third-order valence-corrected chi connectivity index (χ3v) is 5.11. The molecule has 0 radical (unpaired) electrons. The van der Waals surface area contributed by atoms with Crippen LogP contribution in [0, 0.1) is 5.92 Å². The second kappa shape index (κ2) is 3.92. The van der Waals surface area contributed by atoms with E-state index in [-0.39, 0.29) is 5.41 Å². The molecule has 1 N–H and O–H groups in total. The van der Waals surface area contributed by atoms with Crippen molar-refractivity contribution in [3.8, 4) is 5.75 Å². The number of hydrogen-bond acceptors (Lipinski definition) is 3. The molecule has 2 nitrogen and oxygen atoms in total. The molecule has 3 atom stereocenters. The molecular weight excluding hydrogens is 230 g/mol. The summed E-state index contributed by atoms with van der Waals surface area (Å²) in [6.07, 6.45) is 2.34. The van der Waals surface area contributed by atoms with Crippen LogP contribution < -0.4 is 9.50 Å². The van der Waals surface area contributed by atoms with E-state index in [1.165, 1.54) is 17.5 Å². The third-order valence-electron chi connectivity index (χ3n) is 4.90. The van der Waals surface area contributed by atoms with E-state index in [0.717, 1.165) is 18.7 Å². The van der Waals surface area contributed by atoms with Gasteiger partial charge in [0.25, 0.3) is 0 Å². The van der Waals surface area contributed by atoms with Gasteiger partial charge < -0.3 is 9.50 Å². The van der Waals surface area contributed by atoms with Crippen LogP contribution in [-0.2, 0) is 11.8 Å². The minimum Gasteiger partial charge on any atom is -0.429 e. The lowest BCUT2D eigenvalue weighted by atomic mass is 9.59. The molecule has 3 rings (SSSR count). The first-order valence-electron chi connectivity index (χ1n) is 6.33. The van der Waals surface area contributed by atoms with Gasteiger partial charge in [-0.25, -0.2) is 0 Å². The van der Waals surface area contributed by atoms with Gasteiger partial charge in [0.2, 0.25) is 0 Å². The Bertz CT molecular complexity index is 448. The van der Waals surface area contributed by atoms with Crippen LogP contribution in [0.15, 0.2) is 18.2 Å². The number of fused-ring (bicyclic) bond motifs is 4. The molecule has 2 bridgehead atoms. The van der Waals surface area contributed by atoms with Crippen LogP contribution in [0.2, 0.25) is 0 Å². The van der Waals surface area contributed by atoms with Crippen LogP contribution in [0.5, 0.6) is 5.75 Å². The zero-order valence-electron chi connectivity index (χ0n) is 10.4. The van der Waals surface area contributed by atoms with E-state index in [9.17, 15) is 0 Å². The Labute approximate surface area is 108 Å². The molecule has 17 heavy (non-hydrogen) atoms. The first-order chi connectivity index (χ1) is 8.15. The molecule has 2 aliphatic rings. The predicted octanol–water partition coefficient (Wildman–Crippen LogP) is 2.72. The van der Waals surface area contributed by atoms with Crippen LogP contribution >= 0.6 is 12.9 Å². The van der Waals surface area contributed by atoms with Crippen molar-refractivity contribution < 1.29 is 4.18 Å². The first kappa shape index (κ1) is 11.4. The molecule has 1 aromatic rings. The van der Waals surface area contributed by atoms with Crippen molar-refractivity contribution in [1.82, 2.24) is 5.32 Å². The average molecular weight is 249 g/mol. The lowest BCUT2D eigenvalue weighted by Gasteiger charge is -2.50. The summed E-state index contributed by atoms with van der Waals surface area (Å²) < 4.78 is 5.08. The van der Waals surface area contributed by atoms with E-state index in [0.29, 0.717) is 12.0 Å². The number of nitrogens with one attached hydrogen (secondary N) is 1. The van der Waals surface area contributed by atoms with Crippen molar-refractivity contribution >= 4 is 12.9 Å². The van der Waals surface area contributed by atoms with Crippen LogP contribution in [-0.4, -0.2) is 12.6 Å². The Kier molecular flexibility index (Phi) is 2.64. The summed E-state index contributed by atoms with van der Waals surface area (Å²) in [5.74, 6) is 1.54. The highest BCUT2D eigenvalue weighted by Crippen LogP contribution is 2.46. The molecule has 1 unspecified atom stereocenters. The highest BCUT2D eigenvalue weighted by Gasteiger charge is 2.45. The largest absolute Gasteiger partial charge is 0.429 e. The summed E-state index contributed by atoms with van der Waals surface area (Å²) >= 11 is 3.91. The summed E-state index contributed by atoms with van der Waals surface area (Å²) in [7, 11) is 0. The molecule has 1 heterocycles. The fourth-order valence-corrected chi connectivity index (χ4v) is 3.67. The average Bonchev–Trinajstić information content (AvgIpc) is 2.33. The number of hydrogen-bond donors (Lipinski definition) is 2. The standard InChI is InChI=1S/C14H19NOS/c1-9-13-7-10-3-4-11(16-17)8-12(10)14(9,2)5-6-15-13/h3-4,8-9,13,15,17H,5-7H2,1-2H3/t9-,13?,14+/m0/s1. The highest BCUT2D eigenvalue weighted by atomic mass is 32.1. The molecule has 3 heteroatoms. The Morgan fingerprint density at radius 3 is 3.06 bits per heavy atom. The minimum atomic E-state index is 0.284. The Morgan fingerprint density at radius 1 is 1.47 bits per heavy atom. The van der Waals surface area contributed by atoms with Crippen molar-refractivity contribution in [3.05, 3.63) is 29.3 Å². The smallest absolute Gasteiger partial charge is 0.137 e. The quantitative estimate of drug-likeness (QED) is 0.590. The second-order valence-electron chi connectivity index (χ2n) is 5.63. The second-order valence-corrected chi connectivity index (χ2v) is 5.81. The summed E-state index contributed by atoms with van der Waals surface area (Å²) in [6, 6.07) is 7.02. The maximum atomic E-state index is 5.08. The summed E-state index contributed by atoms with van der Waals surface area (Å²) in [5, 5.41) is 3.65. The zero-order valence-corrected chi connectivity index (χ0v) is 11.3. The van der Waals surface area contributed by atoms with Gasteiger partial charge in [-0.05, 0) is 54.0 Å². The normalized spacial score (nSPS) is 35.2. The zero-order chi connectivity index (χ0) is 12.0. The Hall–Kier alpha value is -0.670. The lowest BCUT2D eigenvalue weighted by molar-refractivity contribution is 0.158. The van der Waals surface area contributed by atoms with Gasteiger partial charge in [0.1, 0.15) is 5.75 Å². The van der Waals surface area contributed by atoms with Crippen molar-refractivity contribution in [2.24, 2.45) is 5.92 Å². The molecule has 0 saturated carbocycles. The molecule has 0 aromatic heterocycles. The molecule has 0 spiro atoms. The van der Waals surface area contributed by atoms with E-state index in [2.05, 4.69) is 44.2 Å². The van der Waals surface area contributed by atoms with Gasteiger partial charge in [-0.2, -0.15) is 0 Å². The summed E-state index contributed by atoms with van der Waals surface area (Å²) in [5.41, 5.74) is 3.22. The van der Waals surface area contributed by atoms with E-state index >= 15 is 0 Å². The Morgan fingerprint density at radius 2 is 2.29 bits per heavy atom. The van der Waals surface area contributed by atoms with Gasteiger partial charge in [-0.15, -0.1) is 0 Å². The lowest BCUT2D eigenvalue weighted by Crippen LogP contribution is -2.56. The van der Waals surface area contributed by atoms with Crippen molar-refractivity contribution in [3.63, 3.8) is 0 Å². The highest BCUT2D eigenvalue weighted by molar-refractivity contribution is 7.75. The molecular formula is C14H19NOS. The molecule has 1 saturated heterocycles. The number of benzene rings is 1. The van der Waals surface area contributed by atoms with Crippen molar-refractivity contribution in [2.45, 2.75) is 38.1 Å². The van der Waals surface area contributed by atoms with Gasteiger partial charge in [-0.3, -0.25) is 0 Å². The van der Waals surface area contributed by atoms with Crippen LogP contribution in [0.4, 0.5) is 0 Å². The molecule has 1 aliphatic carbocycles. The van der Waals surface area contributed by atoms with Crippen molar-refractivity contribution in [1.29, 1.82) is 0 Å². The predicted molar refractivity (Wildman–Crippen MR) is 72.7 cm³/mol. The molecule has 92 valence electrons. The molecule has 0 amide bonds. The SMILES string of the molecule is C[C@H]1C2Cc3ccc(OS)cc3[C@]1(C)CCN2. The van der Waals surface area contributed by atoms with Gasteiger partial charge in [0.15, 0.2) is 0 Å². The maximum absolute atomic E-state index is 5.08. The third kappa shape index (κ3) is 1.59. The van der Waals surface area contributed by atoms with E-state index < -0.39 is 0 Å². The molecule has 1 aromatic carbocycles. The van der Waals surface area contributed by atoms with Crippen LogP contribution in [0.3, 0.4) is 0 Å². The van der Waals surface area contributed by atoms with Crippen molar-refractivity contribution in [2.75, 3.05) is 6.54 Å². The minimum absolute atomic E-state index is 0.284. The van der Waals surface area contributed by atoms with E-state index in [1.807, 2.05) is 6.07 Å². The summed E-state index contributed by atoms with van der Waals surface area (Å²) in [4.78, 5) is 0. The van der Waals surface area contributed by atoms with E-state index in [1.54, 1.807) is 0 Å². The Balaban J connectivity index is 2.14. The van der Waals surface area contributed by atoms with Gasteiger partial charge in [-0.1, -0.05) is 19.9 Å². The monoisotopic (exact) mass is 249 g/mol. The van der Waals surface area contributed by atoms with Crippen LogP contribution in [0.1, 0.15) is 31.4 Å². The number of thiol groups is 1. The molecule has 1 fully saturated rings. The fraction of sp³-hybridized carbons (Fsp3) is 0.571. The van der Waals surface area contributed by atoms with Gasteiger partial charge >= 0.3 is 0 Å².